The van der Waals surface area contributed by atoms with Gasteiger partial charge in [0.25, 0.3) is 0 Å². The van der Waals surface area contributed by atoms with Crippen molar-refractivity contribution in [3.05, 3.63) is 36.1 Å². The summed E-state index contributed by atoms with van der Waals surface area (Å²) in [5.41, 5.74) is 2.03. The van der Waals surface area contributed by atoms with Crippen molar-refractivity contribution < 1.29 is 9.21 Å². The second-order valence-corrected chi connectivity index (χ2v) is 3.08. The summed E-state index contributed by atoms with van der Waals surface area (Å²) in [6, 6.07) is 7.88. The molecule has 0 unspecified atom stereocenters. The number of nitrogens with one attached hydrogen (secondary N) is 1. The first-order chi connectivity index (χ1) is 6.92. The van der Waals surface area contributed by atoms with Crippen LogP contribution in [0.4, 0.5) is 0 Å². The van der Waals surface area contributed by atoms with Crippen LogP contribution in [0.3, 0.4) is 0 Å². The highest BCUT2D eigenvalue weighted by atomic mass is 16.3. The van der Waals surface area contributed by atoms with Crippen LogP contribution >= 0.6 is 0 Å². The number of amides is 1. The normalized spacial score (nSPS) is 10.3. The minimum Gasteiger partial charge on any atom is -0.464 e. The first-order valence-electron chi connectivity index (χ1n) is 4.54. The summed E-state index contributed by atoms with van der Waals surface area (Å²) >= 11 is 0. The fourth-order valence-electron chi connectivity index (χ4n) is 1.49. The van der Waals surface area contributed by atoms with Gasteiger partial charge in [0.2, 0.25) is 6.41 Å². The van der Waals surface area contributed by atoms with Crippen LogP contribution in [0, 0.1) is 0 Å². The van der Waals surface area contributed by atoms with E-state index < -0.39 is 0 Å². The van der Waals surface area contributed by atoms with E-state index in [4.69, 9.17) is 4.42 Å². The van der Waals surface area contributed by atoms with Crippen molar-refractivity contribution in [2.75, 3.05) is 6.54 Å². The molecule has 0 saturated heterocycles. The van der Waals surface area contributed by atoms with Gasteiger partial charge in [-0.05, 0) is 18.1 Å². The molecular weight excluding hydrogens is 178 g/mol. The fourth-order valence-corrected chi connectivity index (χ4v) is 1.49. The van der Waals surface area contributed by atoms with E-state index in [1.54, 1.807) is 6.26 Å². The van der Waals surface area contributed by atoms with Crippen molar-refractivity contribution in [2.45, 2.75) is 6.42 Å². The Balaban J connectivity index is 2.20. The van der Waals surface area contributed by atoms with Crippen LogP contribution in [0.2, 0.25) is 0 Å². The Bertz CT molecular complexity index is 434. The van der Waals surface area contributed by atoms with Crippen LogP contribution < -0.4 is 5.32 Å². The molecule has 0 aliphatic carbocycles. The minimum atomic E-state index is 0.646. The Hall–Kier alpha value is -1.77. The predicted octanol–water partition coefficient (Wildman–Crippen LogP) is 1.72. The molecule has 0 saturated carbocycles. The number of fused-ring (bicyclic) bond motifs is 1. The SMILES string of the molecule is O=CNCCc1coc2ccccc12. The van der Waals surface area contributed by atoms with E-state index in [1.807, 2.05) is 24.3 Å². The summed E-state index contributed by atoms with van der Waals surface area (Å²) in [6.07, 6.45) is 3.26. The van der Waals surface area contributed by atoms with Crippen molar-refractivity contribution in [1.82, 2.24) is 5.32 Å². The lowest BCUT2D eigenvalue weighted by molar-refractivity contribution is -0.109. The molecule has 0 atom stereocenters. The Morgan fingerprint density at radius 3 is 3.07 bits per heavy atom. The molecule has 3 heteroatoms. The van der Waals surface area contributed by atoms with Crippen LogP contribution in [0.5, 0.6) is 0 Å². The van der Waals surface area contributed by atoms with E-state index in [9.17, 15) is 4.79 Å². The van der Waals surface area contributed by atoms with Crippen molar-refractivity contribution in [3.8, 4) is 0 Å². The van der Waals surface area contributed by atoms with Gasteiger partial charge in [-0.15, -0.1) is 0 Å². The van der Waals surface area contributed by atoms with E-state index in [0.717, 1.165) is 23.0 Å². The van der Waals surface area contributed by atoms with Gasteiger partial charge >= 0.3 is 0 Å². The molecule has 0 bridgehead atoms. The average Bonchev–Trinajstić information content (AvgIpc) is 2.63. The molecular formula is C11H11NO2. The molecule has 0 fully saturated rings. The number of para-hydroxylation sites is 1. The Kier molecular flexibility index (Phi) is 2.49. The highest BCUT2D eigenvalue weighted by Crippen LogP contribution is 2.20. The van der Waals surface area contributed by atoms with E-state index in [1.165, 1.54) is 0 Å². The van der Waals surface area contributed by atoms with Crippen molar-refractivity contribution in [1.29, 1.82) is 0 Å². The van der Waals surface area contributed by atoms with E-state index in [-0.39, 0.29) is 0 Å². The Morgan fingerprint density at radius 2 is 2.21 bits per heavy atom. The summed E-state index contributed by atoms with van der Waals surface area (Å²) in [7, 11) is 0. The molecule has 1 N–H and O–H groups in total. The summed E-state index contributed by atoms with van der Waals surface area (Å²) in [5, 5.41) is 3.75. The zero-order valence-electron chi connectivity index (χ0n) is 7.69. The molecule has 0 aliphatic rings. The zero-order chi connectivity index (χ0) is 9.80. The highest BCUT2D eigenvalue weighted by Gasteiger charge is 2.03. The molecule has 1 amide bonds. The van der Waals surface area contributed by atoms with E-state index >= 15 is 0 Å². The molecule has 1 aromatic carbocycles. The van der Waals surface area contributed by atoms with Gasteiger partial charge in [-0.3, -0.25) is 4.79 Å². The van der Waals surface area contributed by atoms with Crippen LogP contribution in [-0.4, -0.2) is 13.0 Å². The molecule has 3 nitrogen and oxygen atoms in total. The van der Waals surface area contributed by atoms with Crippen LogP contribution in [0.1, 0.15) is 5.56 Å². The van der Waals surface area contributed by atoms with Crippen LogP contribution in [0.25, 0.3) is 11.0 Å². The maximum atomic E-state index is 10.1. The fraction of sp³-hybridized carbons (Fsp3) is 0.182. The molecule has 0 spiro atoms. The number of furan rings is 1. The molecule has 14 heavy (non-hydrogen) atoms. The molecule has 72 valence electrons. The van der Waals surface area contributed by atoms with Gasteiger partial charge in [0.15, 0.2) is 0 Å². The lowest BCUT2D eigenvalue weighted by Crippen LogP contribution is -2.13. The maximum absolute atomic E-state index is 10.1. The standard InChI is InChI=1S/C11H11NO2/c13-8-12-6-5-9-7-14-11-4-2-1-3-10(9)11/h1-4,7-8H,5-6H2,(H,12,13). The maximum Gasteiger partial charge on any atom is 0.207 e. The van der Waals surface area contributed by atoms with Gasteiger partial charge in [-0.25, -0.2) is 0 Å². The molecule has 2 rings (SSSR count). The number of benzene rings is 1. The third-order valence-corrected chi connectivity index (χ3v) is 2.18. The minimum absolute atomic E-state index is 0.646. The van der Waals surface area contributed by atoms with Crippen molar-refractivity contribution in [3.63, 3.8) is 0 Å². The average molecular weight is 189 g/mol. The number of carbonyl (C=O) groups excluding carboxylic acids is 1. The van der Waals surface area contributed by atoms with Gasteiger partial charge in [0, 0.05) is 11.9 Å². The Morgan fingerprint density at radius 1 is 1.36 bits per heavy atom. The first kappa shape index (κ1) is 8.81. The number of rotatable bonds is 4. The third-order valence-electron chi connectivity index (χ3n) is 2.18. The molecule has 2 aromatic rings. The lowest BCUT2D eigenvalue weighted by atomic mass is 10.1. The zero-order valence-corrected chi connectivity index (χ0v) is 7.69. The smallest absolute Gasteiger partial charge is 0.207 e. The molecule has 1 heterocycles. The number of hydrogen-bond acceptors (Lipinski definition) is 2. The third kappa shape index (κ3) is 1.62. The topological polar surface area (TPSA) is 42.2 Å². The lowest BCUT2D eigenvalue weighted by Gasteiger charge is -1.96. The second-order valence-electron chi connectivity index (χ2n) is 3.08. The molecule has 0 radical (unpaired) electrons. The first-order valence-corrected chi connectivity index (χ1v) is 4.54. The summed E-state index contributed by atoms with van der Waals surface area (Å²) in [4.78, 5) is 10.1. The quantitative estimate of drug-likeness (QED) is 0.587. The largest absolute Gasteiger partial charge is 0.464 e. The predicted molar refractivity (Wildman–Crippen MR) is 54.0 cm³/mol. The van der Waals surface area contributed by atoms with E-state index in [0.29, 0.717) is 13.0 Å². The van der Waals surface area contributed by atoms with Crippen LogP contribution in [-0.2, 0) is 11.2 Å². The van der Waals surface area contributed by atoms with Gasteiger partial charge in [-0.2, -0.15) is 0 Å². The van der Waals surface area contributed by atoms with Gasteiger partial charge in [0.05, 0.1) is 6.26 Å². The number of carbonyl (C=O) groups is 1. The summed E-state index contributed by atoms with van der Waals surface area (Å²) < 4.78 is 5.36. The van der Waals surface area contributed by atoms with Gasteiger partial charge in [-0.1, -0.05) is 18.2 Å². The highest BCUT2D eigenvalue weighted by molar-refractivity contribution is 5.80. The monoisotopic (exact) mass is 189 g/mol. The van der Waals surface area contributed by atoms with Gasteiger partial charge in [0.1, 0.15) is 5.58 Å². The summed E-state index contributed by atoms with van der Waals surface area (Å²) in [5.74, 6) is 0. The second kappa shape index (κ2) is 3.96. The Labute approximate surface area is 81.7 Å². The van der Waals surface area contributed by atoms with E-state index in [2.05, 4.69) is 5.32 Å². The van der Waals surface area contributed by atoms with Crippen LogP contribution in [0.15, 0.2) is 34.9 Å². The van der Waals surface area contributed by atoms with Crippen molar-refractivity contribution >= 4 is 17.4 Å². The van der Waals surface area contributed by atoms with Gasteiger partial charge < -0.3 is 9.73 Å². The van der Waals surface area contributed by atoms with Crippen molar-refractivity contribution in [2.24, 2.45) is 0 Å². The number of hydrogen-bond donors (Lipinski definition) is 1. The summed E-state index contributed by atoms with van der Waals surface area (Å²) in [6.45, 7) is 0.646. The molecule has 0 aliphatic heterocycles. The molecule has 1 aromatic heterocycles.